The number of nitrogens with one attached hydrogen (secondary N) is 2. The van der Waals surface area contributed by atoms with E-state index in [0.29, 0.717) is 24.8 Å². The first kappa shape index (κ1) is 22.7. The van der Waals surface area contributed by atoms with Crippen LogP contribution in [0.1, 0.15) is 35.7 Å². The van der Waals surface area contributed by atoms with Gasteiger partial charge in [0.1, 0.15) is 6.04 Å². The fraction of sp³-hybridized carbons (Fsp3) is 0.474. The van der Waals surface area contributed by atoms with Crippen molar-refractivity contribution in [2.45, 2.75) is 32.2 Å². The summed E-state index contributed by atoms with van der Waals surface area (Å²) >= 11 is 1.59. The van der Waals surface area contributed by atoms with Gasteiger partial charge in [0, 0.05) is 18.9 Å². The summed E-state index contributed by atoms with van der Waals surface area (Å²) in [6, 6.07) is 6.18. The highest BCUT2D eigenvalue weighted by Gasteiger charge is 2.21. The molecule has 0 aliphatic carbocycles. The van der Waals surface area contributed by atoms with Crippen molar-refractivity contribution < 1.29 is 23.9 Å². The van der Waals surface area contributed by atoms with Gasteiger partial charge in [0.05, 0.1) is 13.7 Å². The average Bonchev–Trinajstić information content (AvgIpc) is 2.67. The van der Waals surface area contributed by atoms with Crippen molar-refractivity contribution in [1.82, 2.24) is 10.6 Å². The van der Waals surface area contributed by atoms with Crippen LogP contribution in [0, 0.1) is 0 Å². The highest BCUT2D eigenvalue weighted by atomic mass is 32.2. The highest BCUT2D eigenvalue weighted by Crippen LogP contribution is 2.09. The molecular weight excluding hydrogens is 368 g/mol. The predicted octanol–water partition coefficient (Wildman–Crippen LogP) is 1.35. The van der Waals surface area contributed by atoms with Gasteiger partial charge in [0.15, 0.2) is 5.78 Å². The van der Waals surface area contributed by atoms with Crippen molar-refractivity contribution in [3.8, 4) is 0 Å². The summed E-state index contributed by atoms with van der Waals surface area (Å²) in [5.41, 5.74) is 1.34. The summed E-state index contributed by atoms with van der Waals surface area (Å²) in [5, 5.41) is 5.17. The lowest BCUT2D eigenvalue weighted by Gasteiger charge is -2.16. The maximum absolute atomic E-state index is 12.3. The fourth-order valence-corrected chi connectivity index (χ4v) is 2.76. The molecule has 2 amide bonds. The van der Waals surface area contributed by atoms with Crippen LogP contribution in [0.2, 0.25) is 0 Å². The van der Waals surface area contributed by atoms with Gasteiger partial charge in [-0.15, -0.1) is 0 Å². The largest absolute Gasteiger partial charge is 0.467 e. The van der Waals surface area contributed by atoms with E-state index >= 15 is 0 Å². The summed E-state index contributed by atoms with van der Waals surface area (Å²) in [7, 11) is 1.29. The Kier molecular flexibility index (Phi) is 10.2. The minimum Gasteiger partial charge on any atom is -0.467 e. The van der Waals surface area contributed by atoms with Crippen molar-refractivity contribution in [3.05, 3.63) is 35.4 Å². The molecule has 0 radical (unpaired) electrons. The zero-order valence-electron chi connectivity index (χ0n) is 15.9. The number of rotatable bonds is 11. The Bertz CT molecular complexity index is 661. The van der Waals surface area contributed by atoms with Gasteiger partial charge < -0.3 is 15.4 Å². The highest BCUT2D eigenvalue weighted by molar-refractivity contribution is 7.98. The predicted molar refractivity (Wildman–Crippen MR) is 105 cm³/mol. The molecule has 0 aliphatic heterocycles. The zero-order valence-corrected chi connectivity index (χ0v) is 16.7. The SMILES string of the molecule is COC(=O)[C@@H](CCSC)NC(=O)c1ccc(CCC(=O)CNC(C)=O)cc1. The molecule has 27 heavy (non-hydrogen) atoms. The van der Waals surface area contributed by atoms with E-state index in [0.717, 1.165) is 11.3 Å². The normalized spacial score (nSPS) is 11.4. The summed E-state index contributed by atoms with van der Waals surface area (Å²) in [6.07, 6.45) is 3.26. The van der Waals surface area contributed by atoms with E-state index in [2.05, 4.69) is 10.6 Å². The second-order valence-corrected chi connectivity index (χ2v) is 6.96. The van der Waals surface area contributed by atoms with Gasteiger partial charge in [-0.2, -0.15) is 11.8 Å². The van der Waals surface area contributed by atoms with Crippen LogP contribution in [-0.2, 0) is 25.5 Å². The second kappa shape index (κ2) is 12.1. The molecule has 1 rings (SSSR count). The average molecular weight is 394 g/mol. The van der Waals surface area contributed by atoms with Gasteiger partial charge in [-0.3, -0.25) is 14.4 Å². The third-order valence-corrected chi connectivity index (χ3v) is 4.49. The van der Waals surface area contributed by atoms with Crippen LogP contribution in [0.3, 0.4) is 0 Å². The van der Waals surface area contributed by atoms with Gasteiger partial charge in [-0.05, 0) is 42.5 Å². The molecule has 1 atom stereocenters. The lowest BCUT2D eigenvalue weighted by atomic mass is 10.0. The van der Waals surface area contributed by atoms with Gasteiger partial charge in [0.2, 0.25) is 5.91 Å². The topological polar surface area (TPSA) is 102 Å². The molecule has 0 saturated carbocycles. The number of hydrogen-bond acceptors (Lipinski definition) is 6. The number of Topliss-reactive ketones (excluding diaryl/α,β-unsaturated/α-hetero) is 1. The Hall–Kier alpha value is -2.35. The van der Waals surface area contributed by atoms with Crippen LogP contribution in [-0.4, -0.2) is 55.3 Å². The Labute approximate surface area is 163 Å². The van der Waals surface area contributed by atoms with Crippen molar-refractivity contribution in [2.24, 2.45) is 0 Å². The fourth-order valence-electron chi connectivity index (χ4n) is 2.29. The van der Waals surface area contributed by atoms with Crippen molar-refractivity contribution >= 4 is 35.3 Å². The number of aryl methyl sites for hydroxylation is 1. The molecule has 148 valence electrons. The summed E-state index contributed by atoms with van der Waals surface area (Å²) in [6.45, 7) is 1.39. The van der Waals surface area contributed by atoms with Crippen LogP contribution >= 0.6 is 11.8 Å². The van der Waals surface area contributed by atoms with E-state index < -0.39 is 12.0 Å². The lowest BCUT2D eigenvalue weighted by molar-refractivity contribution is -0.142. The number of esters is 1. The van der Waals surface area contributed by atoms with Crippen LogP contribution in [0.15, 0.2) is 24.3 Å². The van der Waals surface area contributed by atoms with E-state index in [1.807, 2.05) is 6.26 Å². The van der Waals surface area contributed by atoms with E-state index in [9.17, 15) is 19.2 Å². The maximum Gasteiger partial charge on any atom is 0.328 e. The van der Waals surface area contributed by atoms with Crippen molar-refractivity contribution in [2.75, 3.05) is 25.7 Å². The quantitative estimate of drug-likeness (QED) is 0.550. The number of benzene rings is 1. The van der Waals surface area contributed by atoms with Gasteiger partial charge in [-0.25, -0.2) is 4.79 Å². The van der Waals surface area contributed by atoms with E-state index in [1.54, 1.807) is 36.0 Å². The monoisotopic (exact) mass is 394 g/mol. The molecule has 1 aromatic rings. The lowest BCUT2D eigenvalue weighted by Crippen LogP contribution is -2.41. The summed E-state index contributed by atoms with van der Waals surface area (Å²) < 4.78 is 4.73. The Morgan fingerprint density at radius 3 is 2.37 bits per heavy atom. The number of amides is 2. The van der Waals surface area contributed by atoms with Crippen molar-refractivity contribution in [1.29, 1.82) is 0 Å². The molecule has 0 saturated heterocycles. The first-order valence-electron chi connectivity index (χ1n) is 8.60. The Morgan fingerprint density at radius 1 is 1.15 bits per heavy atom. The molecule has 2 N–H and O–H groups in total. The minimum absolute atomic E-state index is 0.0286. The number of carbonyl (C=O) groups is 4. The summed E-state index contributed by atoms with van der Waals surface area (Å²) in [5.74, 6) is -0.374. The number of ketones is 1. The minimum atomic E-state index is -0.680. The molecule has 1 aromatic carbocycles. The first-order chi connectivity index (χ1) is 12.9. The third kappa shape index (κ3) is 8.72. The number of ether oxygens (including phenoxy) is 1. The van der Waals surface area contributed by atoms with Crippen LogP contribution in [0.4, 0.5) is 0 Å². The molecule has 0 heterocycles. The first-order valence-corrected chi connectivity index (χ1v) is 9.99. The molecule has 0 aromatic heterocycles. The van der Waals surface area contributed by atoms with E-state index in [-0.39, 0.29) is 24.1 Å². The Morgan fingerprint density at radius 2 is 1.81 bits per heavy atom. The molecule has 7 nitrogen and oxygen atoms in total. The van der Waals surface area contributed by atoms with Crippen LogP contribution in [0.25, 0.3) is 0 Å². The van der Waals surface area contributed by atoms with Crippen LogP contribution < -0.4 is 10.6 Å². The smallest absolute Gasteiger partial charge is 0.328 e. The van der Waals surface area contributed by atoms with E-state index in [4.69, 9.17) is 4.74 Å². The number of methoxy groups -OCH3 is 1. The molecule has 0 aliphatic rings. The van der Waals surface area contributed by atoms with Crippen molar-refractivity contribution in [3.63, 3.8) is 0 Å². The Balaban J connectivity index is 2.58. The molecule has 0 spiro atoms. The zero-order chi connectivity index (χ0) is 20.2. The van der Waals surface area contributed by atoms with Crippen LogP contribution in [0.5, 0.6) is 0 Å². The number of carbonyl (C=O) groups excluding carboxylic acids is 4. The van der Waals surface area contributed by atoms with Gasteiger partial charge in [0.25, 0.3) is 5.91 Å². The molecule has 0 fully saturated rings. The van der Waals surface area contributed by atoms with E-state index in [1.165, 1.54) is 14.0 Å². The molecular formula is C19H26N2O5S. The van der Waals surface area contributed by atoms with Gasteiger partial charge in [-0.1, -0.05) is 12.1 Å². The van der Waals surface area contributed by atoms with Gasteiger partial charge >= 0.3 is 5.97 Å². The number of hydrogen-bond donors (Lipinski definition) is 2. The maximum atomic E-state index is 12.3. The summed E-state index contributed by atoms with van der Waals surface area (Å²) in [4.78, 5) is 46.6. The molecule has 0 bridgehead atoms. The standard InChI is InChI=1S/C19H26N2O5S/c1-13(22)20-12-16(23)9-6-14-4-7-15(8-5-14)18(24)21-17(10-11-27-3)19(25)26-2/h4-5,7-8,17H,6,9-12H2,1-3H3,(H,20,22)(H,21,24)/t17-/m1/s1. The second-order valence-electron chi connectivity index (χ2n) is 5.98. The molecule has 8 heteroatoms. The number of thioether (sulfide) groups is 1. The third-order valence-electron chi connectivity index (χ3n) is 3.84. The molecule has 0 unspecified atom stereocenters.